The van der Waals surface area contributed by atoms with E-state index in [9.17, 15) is 4.79 Å². The molecule has 1 aliphatic rings. The summed E-state index contributed by atoms with van der Waals surface area (Å²) in [5.74, 6) is 1.08. The van der Waals surface area contributed by atoms with E-state index >= 15 is 0 Å². The molecule has 2 N–H and O–H groups in total. The molecule has 4 nitrogen and oxygen atoms in total. The van der Waals surface area contributed by atoms with Gasteiger partial charge in [-0.1, -0.05) is 18.2 Å². The monoisotopic (exact) mass is 262 g/mol. The van der Waals surface area contributed by atoms with E-state index in [1.807, 2.05) is 30.3 Å². The van der Waals surface area contributed by atoms with E-state index in [1.54, 1.807) is 0 Å². The second-order valence-electron chi connectivity index (χ2n) is 5.04. The highest BCUT2D eigenvalue weighted by molar-refractivity contribution is 5.78. The highest BCUT2D eigenvalue weighted by Crippen LogP contribution is 2.14. The van der Waals surface area contributed by atoms with E-state index in [1.165, 1.54) is 0 Å². The molecule has 2 unspecified atom stereocenters. The van der Waals surface area contributed by atoms with Gasteiger partial charge in [-0.25, -0.2) is 0 Å². The van der Waals surface area contributed by atoms with Crippen LogP contribution in [0.3, 0.4) is 0 Å². The fourth-order valence-corrected chi connectivity index (χ4v) is 2.23. The van der Waals surface area contributed by atoms with Crippen LogP contribution in [0.15, 0.2) is 30.3 Å². The van der Waals surface area contributed by atoms with Crippen LogP contribution in [0.1, 0.15) is 19.8 Å². The van der Waals surface area contributed by atoms with Gasteiger partial charge < -0.3 is 15.4 Å². The van der Waals surface area contributed by atoms with Gasteiger partial charge in [-0.05, 0) is 31.9 Å². The smallest absolute Gasteiger partial charge is 0.224 e. The van der Waals surface area contributed by atoms with E-state index in [0.29, 0.717) is 19.2 Å². The molecule has 1 heterocycles. The molecule has 19 heavy (non-hydrogen) atoms. The van der Waals surface area contributed by atoms with Crippen molar-refractivity contribution in [3.63, 3.8) is 0 Å². The molecule has 2 atom stereocenters. The first-order valence-electron chi connectivity index (χ1n) is 6.94. The number of hydrogen-bond donors (Lipinski definition) is 2. The number of piperidine rings is 1. The Morgan fingerprint density at radius 3 is 2.84 bits per heavy atom. The number of para-hydroxylation sites is 1. The Morgan fingerprint density at radius 1 is 1.37 bits per heavy atom. The van der Waals surface area contributed by atoms with Gasteiger partial charge in [0.05, 0.1) is 12.5 Å². The fraction of sp³-hybridized carbons (Fsp3) is 0.533. The van der Waals surface area contributed by atoms with Gasteiger partial charge in [0.25, 0.3) is 0 Å². The molecule has 0 aromatic heterocycles. The van der Waals surface area contributed by atoms with E-state index in [-0.39, 0.29) is 11.8 Å². The summed E-state index contributed by atoms with van der Waals surface area (Å²) in [6.07, 6.45) is 2.04. The standard InChI is InChI=1S/C15H22N2O2/c1-12-7-8-13(11-17-12)15(18)16-9-10-19-14-5-3-2-4-6-14/h2-6,12-13,17H,7-11H2,1H3,(H,16,18). The van der Waals surface area contributed by atoms with Gasteiger partial charge >= 0.3 is 0 Å². The number of carbonyl (C=O) groups excluding carboxylic acids is 1. The normalized spacial score (nSPS) is 22.8. The van der Waals surface area contributed by atoms with Crippen molar-refractivity contribution < 1.29 is 9.53 Å². The number of amides is 1. The Hall–Kier alpha value is -1.55. The molecule has 0 radical (unpaired) electrons. The lowest BCUT2D eigenvalue weighted by molar-refractivity contribution is -0.125. The van der Waals surface area contributed by atoms with Crippen LogP contribution < -0.4 is 15.4 Å². The molecule has 0 saturated carbocycles. The summed E-state index contributed by atoms with van der Waals surface area (Å²) >= 11 is 0. The summed E-state index contributed by atoms with van der Waals surface area (Å²) in [6.45, 7) is 4.00. The average Bonchev–Trinajstić information content (AvgIpc) is 2.45. The summed E-state index contributed by atoms with van der Waals surface area (Å²) in [5.41, 5.74) is 0. The summed E-state index contributed by atoms with van der Waals surface area (Å²) < 4.78 is 5.53. The molecule has 1 fully saturated rings. The molecule has 0 bridgehead atoms. The Balaban J connectivity index is 1.61. The second kappa shape index (κ2) is 7.14. The second-order valence-corrected chi connectivity index (χ2v) is 5.04. The Labute approximate surface area is 114 Å². The molecule has 2 rings (SSSR count). The van der Waals surface area contributed by atoms with Gasteiger partial charge in [-0.3, -0.25) is 4.79 Å². The SMILES string of the molecule is CC1CCC(C(=O)NCCOc2ccccc2)CN1. The van der Waals surface area contributed by atoms with E-state index in [4.69, 9.17) is 4.74 Å². The van der Waals surface area contributed by atoms with Crippen LogP contribution in [-0.4, -0.2) is 31.6 Å². The number of benzene rings is 1. The van der Waals surface area contributed by atoms with Gasteiger partial charge in [0.2, 0.25) is 5.91 Å². The zero-order valence-corrected chi connectivity index (χ0v) is 11.4. The predicted molar refractivity (Wildman–Crippen MR) is 75.1 cm³/mol. The largest absolute Gasteiger partial charge is 0.492 e. The highest BCUT2D eigenvalue weighted by Gasteiger charge is 2.23. The van der Waals surface area contributed by atoms with Crippen LogP contribution in [0.4, 0.5) is 0 Å². The van der Waals surface area contributed by atoms with Gasteiger partial charge in [0, 0.05) is 12.6 Å². The molecule has 1 aromatic rings. The van der Waals surface area contributed by atoms with Crippen molar-refractivity contribution in [3.8, 4) is 5.75 Å². The first kappa shape index (κ1) is 13.9. The summed E-state index contributed by atoms with van der Waals surface area (Å²) in [7, 11) is 0. The molecule has 0 spiro atoms. The predicted octanol–water partition coefficient (Wildman–Crippen LogP) is 1.57. The van der Waals surface area contributed by atoms with Gasteiger partial charge in [-0.15, -0.1) is 0 Å². The van der Waals surface area contributed by atoms with E-state index in [0.717, 1.165) is 25.1 Å². The van der Waals surface area contributed by atoms with Crippen molar-refractivity contribution in [2.24, 2.45) is 5.92 Å². The Kier molecular flexibility index (Phi) is 5.21. The number of carbonyl (C=O) groups is 1. The number of ether oxygens (including phenoxy) is 1. The molecule has 1 aliphatic heterocycles. The molecule has 1 amide bonds. The summed E-state index contributed by atoms with van der Waals surface area (Å²) in [6, 6.07) is 10.2. The maximum Gasteiger partial charge on any atom is 0.224 e. The minimum absolute atomic E-state index is 0.105. The van der Waals surface area contributed by atoms with Crippen molar-refractivity contribution in [1.29, 1.82) is 0 Å². The zero-order chi connectivity index (χ0) is 13.5. The van der Waals surface area contributed by atoms with Crippen LogP contribution in [-0.2, 0) is 4.79 Å². The topological polar surface area (TPSA) is 50.4 Å². The maximum atomic E-state index is 11.9. The number of hydrogen-bond acceptors (Lipinski definition) is 3. The van der Waals surface area contributed by atoms with Crippen molar-refractivity contribution in [1.82, 2.24) is 10.6 Å². The molecule has 0 aliphatic carbocycles. The minimum atomic E-state index is 0.105. The molecular formula is C15H22N2O2. The lowest BCUT2D eigenvalue weighted by Crippen LogP contribution is -2.44. The fourth-order valence-electron chi connectivity index (χ4n) is 2.23. The third-order valence-corrected chi connectivity index (χ3v) is 3.44. The minimum Gasteiger partial charge on any atom is -0.492 e. The van der Waals surface area contributed by atoms with Crippen molar-refractivity contribution in [2.75, 3.05) is 19.7 Å². The van der Waals surface area contributed by atoms with Crippen LogP contribution in [0.5, 0.6) is 5.75 Å². The van der Waals surface area contributed by atoms with Gasteiger partial charge in [0.1, 0.15) is 12.4 Å². The first-order valence-corrected chi connectivity index (χ1v) is 6.94. The molecule has 1 saturated heterocycles. The molecule has 104 valence electrons. The van der Waals surface area contributed by atoms with Crippen LogP contribution in [0, 0.1) is 5.92 Å². The summed E-state index contributed by atoms with van der Waals surface area (Å²) in [5, 5.41) is 6.27. The third-order valence-electron chi connectivity index (χ3n) is 3.44. The summed E-state index contributed by atoms with van der Waals surface area (Å²) in [4.78, 5) is 11.9. The Morgan fingerprint density at radius 2 is 2.16 bits per heavy atom. The maximum absolute atomic E-state index is 11.9. The van der Waals surface area contributed by atoms with E-state index in [2.05, 4.69) is 17.6 Å². The van der Waals surface area contributed by atoms with Gasteiger partial charge in [0.15, 0.2) is 0 Å². The molecule has 1 aromatic carbocycles. The average molecular weight is 262 g/mol. The van der Waals surface area contributed by atoms with Crippen LogP contribution in [0.25, 0.3) is 0 Å². The molecular weight excluding hydrogens is 240 g/mol. The Bertz CT molecular complexity index is 386. The molecule has 4 heteroatoms. The quantitative estimate of drug-likeness (QED) is 0.792. The zero-order valence-electron chi connectivity index (χ0n) is 11.4. The number of rotatable bonds is 5. The van der Waals surface area contributed by atoms with E-state index < -0.39 is 0 Å². The van der Waals surface area contributed by atoms with Crippen LogP contribution >= 0.6 is 0 Å². The number of nitrogens with one attached hydrogen (secondary N) is 2. The van der Waals surface area contributed by atoms with Crippen molar-refractivity contribution >= 4 is 5.91 Å². The van der Waals surface area contributed by atoms with Crippen LogP contribution in [0.2, 0.25) is 0 Å². The lowest BCUT2D eigenvalue weighted by atomic mass is 9.95. The van der Waals surface area contributed by atoms with Gasteiger partial charge in [-0.2, -0.15) is 0 Å². The van der Waals surface area contributed by atoms with Crippen molar-refractivity contribution in [2.45, 2.75) is 25.8 Å². The lowest BCUT2D eigenvalue weighted by Gasteiger charge is -2.26. The third kappa shape index (κ3) is 4.56. The van der Waals surface area contributed by atoms with Crippen molar-refractivity contribution in [3.05, 3.63) is 30.3 Å². The highest BCUT2D eigenvalue weighted by atomic mass is 16.5. The first-order chi connectivity index (χ1) is 9.25.